The van der Waals surface area contributed by atoms with E-state index in [1.54, 1.807) is 0 Å². The standard InChI is InChI=1S/C13H16N2O5/c14-8-1-2-9(5-8)20-11-7-13-12(18-3-4-19-13)6-10(11)15(16)17/h6-9H,1-5,14H2. The molecule has 1 heterocycles. The first-order valence-electron chi connectivity index (χ1n) is 6.64. The number of nitrogens with two attached hydrogens (primary N) is 1. The van der Waals surface area contributed by atoms with E-state index in [0.717, 1.165) is 12.8 Å². The molecule has 20 heavy (non-hydrogen) atoms. The summed E-state index contributed by atoms with van der Waals surface area (Å²) in [6.45, 7) is 0.820. The Labute approximate surface area is 115 Å². The lowest BCUT2D eigenvalue weighted by Crippen LogP contribution is -2.20. The van der Waals surface area contributed by atoms with E-state index in [1.165, 1.54) is 12.1 Å². The van der Waals surface area contributed by atoms with Crippen LogP contribution in [0.5, 0.6) is 17.2 Å². The van der Waals surface area contributed by atoms with Gasteiger partial charge in [-0.15, -0.1) is 0 Å². The zero-order chi connectivity index (χ0) is 14.1. The van der Waals surface area contributed by atoms with Crippen molar-refractivity contribution < 1.29 is 19.1 Å². The fraction of sp³-hybridized carbons (Fsp3) is 0.538. The predicted molar refractivity (Wildman–Crippen MR) is 70.3 cm³/mol. The Balaban J connectivity index is 1.89. The second-order valence-electron chi connectivity index (χ2n) is 5.03. The summed E-state index contributed by atoms with van der Waals surface area (Å²) < 4.78 is 16.5. The summed E-state index contributed by atoms with van der Waals surface area (Å²) in [4.78, 5) is 10.7. The number of nitrogens with zero attached hydrogens (tertiary/aromatic N) is 1. The van der Waals surface area contributed by atoms with Crippen LogP contribution >= 0.6 is 0 Å². The highest BCUT2D eigenvalue weighted by Gasteiger charge is 2.28. The van der Waals surface area contributed by atoms with Crippen LogP contribution < -0.4 is 19.9 Å². The zero-order valence-corrected chi connectivity index (χ0v) is 10.9. The number of nitro groups is 1. The SMILES string of the molecule is NC1CCC(Oc2cc3c(cc2[N+](=O)[O-])OCCO3)C1. The second kappa shape index (κ2) is 5.16. The Morgan fingerprint density at radius 2 is 1.95 bits per heavy atom. The smallest absolute Gasteiger partial charge is 0.314 e. The van der Waals surface area contributed by atoms with Crippen molar-refractivity contribution in [3.05, 3.63) is 22.2 Å². The molecule has 0 bridgehead atoms. The number of nitro benzene ring substituents is 1. The summed E-state index contributed by atoms with van der Waals surface area (Å²) in [6, 6.07) is 3.01. The number of hydrogen-bond acceptors (Lipinski definition) is 6. The van der Waals surface area contributed by atoms with Gasteiger partial charge in [0.15, 0.2) is 11.5 Å². The van der Waals surface area contributed by atoms with Gasteiger partial charge in [0.25, 0.3) is 0 Å². The normalized spacial score (nSPS) is 24.4. The van der Waals surface area contributed by atoms with Gasteiger partial charge in [0, 0.05) is 12.1 Å². The van der Waals surface area contributed by atoms with E-state index in [4.69, 9.17) is 19.9 Å². The molecule has 2 atom stereocenters. The average molecular weight is 280 g/mol. The minimum absolute atomic E-state index is 0.0775. The molecule has 3 rings (SSSR count). The molecule has 2 N–H and O–H groups in total. The molecule has 7 nitrogen and oxygen atoms in total. The van der Waals surface area contributed by atoms with Crippen LogP contribution in [-0.2, 0) is 0 Å². The van der Waals surface area contributed by atoms with Gasteiger partial charge in [-0.25, -0.2) is 0 Å². The van der Waals surface area contributed by atoms with Crippen LogP contribution in [0.2, 0.25) is 0 Å². The van der Waals surface area contributed by atoms with Gasteiger partial charge in [0.2, 0.25) is 5.75 Å². The molecule has 2 aliphatic rings. The topological polar surface area (TPSA) is 96.9 Å². The van der Waals surface area contributed by atoms with Crippen LogP contribution in [0, 0.1) is 10.1 Å². The molecule has 108 valence electrons. The van der Waals surface area contributed by atoms with Crippen LogP contribution in [0.4, 0.5) is 5.69 Å². The third kappa shape index (κ3) is 2.49. The van der Waals surface area contributed by atoms with Gasteiger partial charge >= 0.3 is 5.69 Å². The molecule has 1 fully saturated rings. The van der Waals surface area contributed by atoms with E-state index in [-0.39, 0.29) is 23.6 Å². The molecular weight excluding hydrogens is 264 g/mol. The van der Waals surface area contributed by atoms with Crippen molar-refractivity contribution in [3.8, 4) is 17.2 Å². The largest absolute Gasteiger partial charge is 0.486 e. The van der Waals surface area contributed by atoms with Crippen LogP contribution in [0.1, 0.15) is 19.3 Å². The van der Waals surface area contributed by atoms with Crippen molar-refractivity contribution in [1.29, 1.82) is 0 Å². The minimum atomic E-state index is -0.470. The zero-order valence-electron chi connectivity index (χ0n) is 10.9. The Hall–Kier alpha value is -2.02. The summed E-state index contributed by atoms with van der Waals surface area (Å²) in [5.41, 5.74) is 5.73. The van der Waals surface area contributed by atoms with Crippen molar-refractivity contribution in [2.24, 2.45) is 5.73 Å². The monoisotopic (exact) mass is 280 g/mol. The highest BCUT2D eigenvalue weighted by atomic mass is 16.6. The molecular formula is C13H16N2O5. The first-order chi connectivity index (χ1) is 9.63. The third-order valence-electron chi connectivity index (χ3n) is 3.54. The van der Waals surface area contributed by atoms with E-state index >= 15 is 0 Å². The average Bonchev–Trinajstić information content (AvgIpc) is 2.83. The number of fused-ring (bicyclic) bond motifs is 1. The lowest BCUT2D eigenvalue weighted by molar-refractivity contribution is -0.386. The lowest BCUT2D eigenvalue weighted by Gasteiger charge is -2.20. The number of benzene rings is 1. The number of rotatable bonds is 3. The molecule has 0 spiro atoms. The van der Waals surface area contributed by atoms with Gasteiger partial charge < -0.3 is 19.9 Å². The van der Waals surface area contributed by atoms with Gasteiger partial charge in [-0.05, 0) is 19.3 Å². The maximum Gasteiger partial charge on any atom is 0.314 e. The summed E-state index contributed by atoms with van der Waals surface area (Å²) in [7, 11) is 0. The van der Waals surface area contributed by atoms with Crippen molar-refractivity contribution >= 4 is 5.69 Å². The van der Waals surface area contributed by atoms with Gasteiger partial charge in [-0.3, -0.25) is 10.1 Å². The number of hydrogen-bond donors (Lipinski definition) is 1. The molecule has 1 aliphatic heterocycles. The summed E-state index contributed by atoms with van der Waals surface area (Å²) in [6.07, 6.45) is 2.33. The molecule has 1 saturated carbocycles. The van der Waals surface area contributed by atoms with Crippen molar-refractivity contribution in [2.45, 2.75) is 31.4 Å². The first kappa shape index (κ1) is 13.0. The Morgan fingerprint density at radius 1 is 1.25 bits per heavy atom. The predicted octanol–water partition coefficient (Wildman–Crippen LogP) is 1.62. The summed E-state index contributed by atoms with van der Waals surface area (Å²) in [5.74, 6) is 1.09. The fourth-order valence-corrected chi connectivity index (χ4v) is 2.56. The van der Waals surface area contributed by atoms with Gasteiger partial charge in [-0.2, -0.15) is 0 Å². The van der Waals surface area contributed by atoms with E-state index in [9.17, 15) is 10.1 Å². The maximum atomic E-state index is 11.2. The van der Waals surface area contributed by atoms with E-state index < -0.39 is 4.92 Å². The second-order valence-corrected chi connectivity index (χ2v) is 5.03. The van der Waals surface area contributed by atoms with Gasteiger partial charge in [0.1, 0.15) is 19.3 Å². The van der Waals surface area contributed by atoms with Crippen molar-refractivity contribution in [2.75, 3.05) is 13.2 Å². The van der Waals surface area contributed by atoms with Gasteiger partial charge in [0.05, 0.1) is 11.0 Å². The molecule has 0 saturated heterocycles. The van der Waals surface area contributed by atoms with Crippen molar-refractivity contribution in [3.63, 3.8) is 0 Å². The van der Waals surface area contributed by atoms with Crippen LogP contribution in [0.15, 0.2) is 12.1 Å². The Bertz CT molecular complexity index is 534. The van der Waals surface area contributed by atoms with Crippen molar-refractivity contribution in [1.82, 2.24) is 0 Å². The molecule has 0 radical (unpaired) electrons. The van der Waals surface area contributed by atoms with E-state index in [1.807, 2.05) is 0 Å². The molecule has 7 heteroatoms. The van der Waals surface area contributed by atoms with Gasteiger partial charge in [-0.1, -0.05) is 0 Å². The fourth-order valence-electron chi connectivity index (χ4n) is 2.56. The molecule has 0 amide bonds. The van der Waals surface area contributed by atoms with Crippen LogP contribution in [-0.4, -0.2) is 30.3 Å². The van der Waals surface area contributed by atoms with Crippen LogP contribution in [0.25, 0.3) is 0 Å². The summed E-state index contributed by atoms with van der Waals surface area (Å²) in [5, 5.41) is 11.2. The lowest BCUT2D eigenvalue weighted by atomic mass is 10.2. The third-order valence-corrected chi connectivity index (χ3v) is 3.54. The van der Waals surface area contributed by atoms with Crippen LogP contribution in [0.3, 0.4) is 0 Å². The highest BCUT2D eigenvalue weighted by molar-refractivity contribution is 5.58. The maximum absolute atomic E-state index is 11.2. The Morgan fingerprint density at radius 3 is 2.55 bits per heavy atom. The molecule has 0 aromatic heterocycles. The molecule has 2 unspecified atom stereocenters. The molecule has 1 aromatic rings. The molecule has 1 aliphatic carbocycles. The van der Waals surface area contributed by atoms with E-state index in [2.05, 4.69) is 0 Å². The Kier molecular flexibility index (Phi) is 3.35. The molecule has 1 aromatic carbocycles. The summed E-state index contributed by atoms with van der Waals surface area (Å²) >= 11 is 0. The quantitative estimate of drug-likeness (QED) is 0.667. The number of ether oxygens (including phenoxy) is 3. The highest BCUT2D eigenvalue weighted by Crippen LogP contribution is 2.41. The van der Waals surface area contributed by atoms with E-state index in [0.29, 0.717) is 31.1 Å². The minimum Gasteiger partial charge on any atom is -0.486 e. The first-order valence-corrected chi connectivity index (χ1v) is 6.64.